The van der Waals surface area contributed by atoms with Crippen molar-refractivity contribution in [3.05, 3.63) is 57.5 Å². The highest BCUT2D eigenvalue weighted by Gasteiger charge is 2.01. The third kappa shape index (κ3) is 3.13. The molecule has 17 heavy (non-hydrogen) atoms. The SMILES string of the molecule is N#Cc1ccc(CNCc2ccccc2F)s1. The van der Waals surface area contributed by atoms with Crippen molar-refractivity contribution in [3.8, 4) is 6.07 Å². The third-order valence-electron chi connectivity index (χ3n) is 2.34. The van der Waals surface area contributed by atoms with Crippen LogP contribution < -0.4 is 5.32 Å². The molecule has 2 rings (SSSR count). The maximum atomic E-state index is 13.3. The predicted octanol–water partition coefficient (Wildman–Crippen LogP) is 3.05. The van der Waals surface area contributed by atoms with Gasteiger partial charge in [0.2, 0.25) is 0 Å². The molecule has 0 spiro atoms. The van der Waals surface area contributed by atoms with Crippen molar-refractivity contribution in [2.45, 2.75) is 13.1 Å². The van der Waals surface area contributed by atoms with Crippen molar-refractivity contribution in [2.75, 3.05) is 0 Å². The lowest BCUT2D eigenvalue weighted by Gasteiger charge is -2.04. The molecule has 0 aliphatic rings. The lowest BCUT2D eigenvalue weighted by molar-refractivity contribution is 0.589. The summed E-state index contributed by atoms with van der Waals surface area (Å²) in [6.45, 7) is 1.15. The maximum absolute atomic E-state index is 13.3. The average molecular weight is 246 g/mol. The van der Waals surface area contributed by atoms with E-state index in [0.29, 0.717) is 23.5 Å². The van der Waals surface area contributed by atoms with Gasteiger partial charge >= 0.3 is 0 Å². The Balaban J connectivity index is 1.88. The van der Waals surface area contributed by atoms with Crippen LogP contribution in [0.15, 0.2) is 36.4 Å². The second kappa shape index (κ2) is 5.58. The van der Waals surface area contributed by atoms with Crippen molar-refractivity contribution >= 4 is 11.3 Å². The van der Waals surface area contributed by atoms with Crippen LogP contribution in [0.25, 0.3) is 0 Å². The fourth-order valence-corrected chi connectivity index (χ4v) is 2.27. The molecule has 0 saturated carbocycles. The van der Waals surface area contributed by atoms with Gasteiger partial charge in [-0.3, -0.25) is 0 Å². The number of nitrogens with one attached hydrogen (secondary N) is 1. The molecule has 0 unspecified atom stereocenters. The van der Waals surface area contributed by atoms with E-state index in [2.05, 4.69) is 11.4 Å². The summed E-state index contributed by atoms with van der Waals surface area (Å²) < 4.78 is 13.3. The molecule has 0 bridgehead atoms. The first-order chi connectivity index (χ1) is 8.29. The van der Waals surface area contributed by atoms with Crippen LogP contribution in [0.2, 0.25) is 0 Å². The molecule has 1 aromatic heterocycles. The van der Waals surface area contributed by atoms with E-state index in [0.717, 1.165) is 4.88 Å². The van der Waals surface area contributed by atoms with Crippen molar-refractivity contribution < 1.29 is 4.39 Å². The highest BCUT2D eigenvalue weighted by Crippen LogP contribution is 2.15. The molecule has 0 radical (unpaired) electrons. The predicted molar refractivity (Wildman–Crippen MR) is 66.0 cm³/mol. The summed E-state index contributed by atoms with van der Waals surface area (Å²) in [5.41, 5.74) is 0.657. The Morgan fingerprint density at radius 2 is 2.00 bits per heavy atom. The van der Waals surface area contributed by atoms with Gasteiger partial charge in [-0.05, 0) is 18.2 Å². The van der Waals surface area contributed by atoms with Crippen LogP contribution in [0.3, 0.4) is 0 Å². The number of rotatable bonds is 4. The molecule has 86 valence electrons. The molecule has 0 atom stereocenters. The van der Waals surface area contributed by atoms with Gasteiger partial charge in [0.1, 0.15) is 16.8 Å². The molecule has 0 saturated heterocycles. The van der Waals surface area contributed by atoms with Crippen molar-refractivity contribution in [2.24, 2.45) is 0 Å². The Hall–Kier alpha value is -1.70. The number of halogens is 1. The standard InChI is InChI=1S/C13H11FN2S/c14-13-4-2-1-3-10(13)8-16-9-12-6-5-11(7-15)17-12/h1-6,16H,8-9H2. The molecule has 0 fully saturated rings. The fourth-order valence-electron chi connectivity index (χ4n) is 1.50. The zero-order chi connectivity index (χ0) is 12.1. The van der Waals surface area contributed by atoms with Gasteiger partial charge < -0.3 is 5.32 Å². The summed E-state index contributed by atoms with van der Waals surface area (Å²) in [7, 11) is 0. The monoisotopic (exact) mass is 246 g/mol. The lowest BCUT2D eigenvalue weighted by atomic mass is 10.2. The molecule has 2 aromatic rings. The topological polar surface area (TPSA) is 35.8 Å². The van der Waals surface area contributed by atoms with Gasteiger partial charge in [0.15, 0.2) is 0 Å². The van der Waals surface area contributed by atoms with Gasteiger partial charge in [-0.15, -0.1) is 11.3 Å². The Morgan fingerprint density at radius 3 is 2.71 bits per heavy atom. The minimum atomic E-state index is -0.191. The Morgan fingerprint density at radius 1 is 1.18 bits per heavy atom. The average Bonchev–Trinajstić information content (AvgIpc) is 2.80. The summed E-state index contributed by atoms with van der Waals surface area (Å²) in [4.78, 5) is 1.78. The van der Waals surface area contributed by atoms with Gasteiger partial charge in [-0.25, -0.2) is 4.39 Å². The van der Waals surface area contributed by atoms with E-state index in [1.54, 1.807) is 18.2 Å². The summed E-state index contributed by atoms with van der Waals surface area (Å²) in [5, 5.41) is 11.8. The highest BCUT2D eigenvalue weighted by molar-refractivity contribution is 7.12. The number of hydrogen-bond donors (Lipinski definition) is 1. The molecule has 0 aliphatic heterocycles. The van der Waals surface area contributed by atoms with E-state index in [4.69, 9.17) is 5.26 Å². The number of thiophene rings is 1. The largest absolute Gasteiger partial charge is 0.308 e. The van der Waals surface area contributed by atoms with Gasteiger partial charge in [0.25, 0.3) is 0 Å². The first-order valence-electron chi connectivity index (χ1n) is 5.22. The minimum Gasteiger partial charge on any atom is -0.308 e. The number of benzene rings is 1. The van der Waals surface area contributed by atoms with Crippen LogP contribution in [0.1, 0.15) is 15.3 Å². The van der Waals surface area contributed by atoms with E-state index in [1.807, 2.05) is 12.1 Å². The molecule has 0 aliphatic carbocycles. The first-order valence-corrected chi connectivity index (χ1v) is 6.04. The minimum absolute atomic E-state index is 0.191. The smallest absolute Gasteiger partial charge is 0.127 e. The first kappa shape index (κ1) is 11.8. The van der Waals surface area contributed by atoms with Crippen LogP contribution in [-0.2, 0) is 13.1 Å². The van der Waals surface area contributed by atoms with Gasteiger partial charge in [0, 0.05) is 23.5 Å². The lowest BCUT2D eigenvalue weighted by Crippen LogP contribution is -2.12. The summed E-state index contributed by atoms with van der Waals surface area (Å²) >= 11 is 1.45. The normalized spacial score (nSPS) is 10.1. The highest BCUT2D eigenvalue weighted by atomic mass is 32.1. The van der Waals surface area contributed by atoms with Crippen molar-refractivity contribution in [1.82, 2.24) is 5.32 Å². The van der Waals surface area contributed by atoms with Crippen LogP contribution in [0.5, 0.6) is 0 Å². The Labute approximate surface area is 103 Å². The quantitative estimate of drug-likeness (QED) is 0.900. The zero-order valence-corrected chi connectivity index (χ0v) is 9.93. The second-order valence-corrected chi connectivity index (χ2v) is 4.74. The van der Waals surface area contributed by atoms with Crippen LogP contribution in [-0.4, -0.2) is 0 Å². The molecule has 1 aromatic carbocycles. The van der Waals surface area contributed by atoms with Crippen LogP contribution >= 0.6 is 11.3 Å². The molecule has 2 nitrogen and oxygen atoms in total. The second-order valence-electron chi connectivity index (χ2n) is 3.57. The molecular weight excluding hydrogens is 235 g/mol. The van der Waals surface area contributed by atoms with Crippen LogP contribution in [0.4, 0.5) is 4.39 Å². The van der Waals surface area contributed by atoms with E-state index < -0.39 is 0 Å². The molecule has 1 N–H and O–H groups in total. The fraction of sp³-hybridized carbons (Fsp3) is 0.154. The third-order valence-corrected chi connectivity index (χ3v) is 3.33. The Bertz CT molecular complexity index is 542. The number of hydrogen-bond acceptors (Lipinski definition) is 3. The number of nitrogens with zero attached hydrogens (tertiary/aromatic N) is 1. The van der Waals surface area contributed by atoms with Crippen molar-refractivity contribution in [3.63, 3.8) is 0 Å². The van der Waals surface area contributed by atoms with Gasteiger partial charge in [-0.1, -0.05) is 18.2 Å². The van der Waals surface area contributed by atoms with E-state index >= 15 is 0 Å². The van der Waals surface area contributed by atoms with E-state index in [9.17, 15) is 4.39 Å². The van der Waals surface area contributed by atoms with E-state index in [1.165, 1.54) is 17.4 Å². The zero-order valence-electron chi connectivity index (χ0n) is 9.11. The van der Waals surface area contributed by atoms with Crippen LogP contribution in [0, 0.1) is 17.1 Å². The Kier molecular flexibility index (Phi) is 3.86. The molecular formula is C13H11FN2S. The summed E-state index contributed by atoms with van der Waals surface area (Å²) in [6.07, 6.45) is 0. The maximum Gasteiger partial charge on any atom is 0.127 e. The summed E-state index contributed by atoms with van der Waals surface area (Å²) in [5.74, 6) is -0.191. The van der Waals surface area contributed by atoms with Gasteiger partial charge in [0.05, 0.1) is 0 Å². The van der Waals surface area contributed by atoms with E-state index in [-0.39, 0.29) is 5.82 Å². The van der Waals surface area contributed by atoms with Crippen molar-refractivity contribution in [1.29, 1.82) is 5.26 Å². The molecule has 1 heterocycles. The molecule has 0 amide bonds. The summed E-state index contributed by atoms with van der Waals surface area (Å²) in [6, 6.07) is 12.5. The molecule has 4 heteroatoms. The number of nitriles is 1. The van der Waals surface area contributed by atoms with Gasteiger partial charge in [-0.2, -0.15) is 5.26 Å².